The van der Waals surface area contributed by atoms with Crippen molar-refractivity contribution in [3.8, 4) is 0 Å². The zero-order chi connectivity index (χ0) is 15.1. The largest absolute Gasteiger partial charge is 0.464 e. The Bertz CT molecular complexity index is 664. The first-order valence-electron chi connectivity index (χ1n) is 6.35. The number of nitrogens with zero attached hydrogens (tertiary/aromatic N) is 1. The molecule has 0 radical (unpaired) electrons. The SMILES string of the molecule is CC(NC(=O)c1cc2c(ccn2C(=O)O)s1)C(C)(C)C. The van der Waals surface area contributed by atoms with Gasteiger partial charge in [0, 0.05) is 12.2 Å². The van der Waals surface area contributed by atoms with Gasteiger partial charge in [-0.15, -0.1) is 11.3 Å². The van der Waals surface area contributed by atoms with Crippen molar-refractivity contribution in [2.24, 2.45) is 5.41 Å². The Labute approximate surface area is 121 Å². The van der Waals surface area contributed by atoms with Gasteiger partial charge in [-0.1, -0.05) is 20.8 Å². The summed E-state index contributed by atoms with van der Waals surface area (Å²) in [6.45, 7) is 8.13. The molecule has 0 saturated heterocycles. The maximum atomic E-state index is 12.2. The Morgan fingerprint density at radius 3 is 2.60 bits per heavy atom. The number of thiophene rings is 1. The quantitative estimate of drug-likeness (QED) is 0.891. The van der Waals surface area contributed by atoms with E-state index in [1.807, 2.05) is 6.92 Å². The first-order valence-corrected chi connectivity index (χ1v) is 7.17. The lowest BCUT2D eigenvalue weighted by Crippen LogP contribution is -2.41. The number of nitrogens with one attached hydrogen (secondary N) is 1. The third-order valence-corrected chi connectivity index (χ3v) is 4.54. The molecule has 0 aromatic carbocycles. The predicted molar refractivity (Wildman–Crippen MR) is 79.6 cm³/mol. The molecular weight excluding hydrogens is 276 g/mol. The van der Waals surface area contributed by atoms with E-state index in [1.165, 1.54) is 17.5 Å². The van der Waals surface area contributed by atoms with Crippen LogP contribution < -0.4 is 5.32 Å². The highest BCUT2D eigenvalue weighted by molar-refractivity contribution is 7.20. The topological polar surface area (TPSA) is 71.3 Å². The Balaban J connectivity index is 2.25. The first-order chi connectivity index (χ1) is 9.20. The van der Waals surface area contributed by atoms with Gasteiger partial charge in [0.2, 0.25) is 0 Å². The highest BCUT2D eigenvalue weighted by Crippen LogP contribution is 2.27. The van der Waals surface area contributed by atoms with Crippen molar-refractivity contribution in [2.45, 2.75) is 33.7 Å². The molecule has 5 nitrogen and oxygen atoms in total. The van der Waals surface area contributed by atoms with Crippen LogP contribution in [-0.2, 0) is 0 Å². The van der Waals surface area contributed by atoms with E-state index < -0.39 is 6.09 Å². The lowest BCUT2D eigenvalue weighted by atomic mass is 9.88. The molecule has 6 heteroatoms. The highest BCUT2D eigenvalue weighted by atomic mass is 32.1. The summed E-state index contributed by atoms with van der Waals surface area (Å²) in [5.41, 5.74) is 0.527. The van der Waals surface area contributed by atoms with Gasteiger partial charge in [-0.2, -0.15) is 0 Å². The van der Waals surface area contributed by atoms with E-state index in [2.05, 4.69) is 26.1 Å². The summed E-state index contributed by atoms with van der Waals surface area (Å²) in [5, 5.41) is 12.0. The van der Waals surface area contributed by atoms with Gasteiger partial charge < -0.3 is 10.4 Å². The Hall–Kier alpha value is -1.82. The standard InChI is InChI=1S/C14H18N2O3S/c1-8(14(2,3)4)15-12(17)11-7-9-10(20-11)5-6-16(9)13(18)19/h5-8H,1-4H3,(H,15,17)(H,18,19). The Kier molecular flexibility index (Phi) is 3.60. The second-order valence-electron chi connectivity index (χ2n) is 5.89. The molecule has 0 aliphatic rings. The number of carbonyl (C=O) groups is 2. The second kappa shape index (κ2) is 4.94. The number of rotatable bonds is 2. The van der Waals surface area contributed by atoms with Gasteiger partial charge in [0.05, 0.1) is 15.1 Å². The molecule has 0 bridgehead atoms. The van der Waals surface area contributed by atoms with Crippen molar-refractivity contribution in [3.05, 3.63) is 23.2 Å². The minimum absolute atomic E-state index is 0.0251. The van der Waals surface area contributed by atoms with Crippen molar-refractivity contribution in [1.29, 1.82) is 0 Å². The molecule has 2 aromatic heterocycles. The van der Waals surface area contributed by atoms with E-state index in [0.29, 0.717) is 10.4 Å². The number of carboxylic acid groups (broad SMARTS) is 1. The van der Waals surface area contributed by atoms with Crippen molar-refractivity contribution in [2.75, 3.05) is 0 Å². The number of hydrogen-bond donors (Lipinski definition) is 2. The fourth-order valence-corrected chi connectivity index (χ4v) is 2.64. The molecule has 1 amide bonds. The molecule has 0 aliphatic heterocycles. The third-order valence-electron chi connectivity index (χ3n) is 3.45. The van der Waals surface area contributed by atoms with Crippen molar-refractivity contribution in [1.82, 2.24) is 9.88 Å². The van der Waals surface area contributed by atoms with Crippen LogP contribution >= 0.6 is 11.3 Å². The number of fused-ring (bicyclic) bond motifs is 1. The summed E-state index contributed by atoms with van der Waals surface area (Å²) < 4.78 is 1.91. The van der Waals surface area contributed by atoms with Crippen LogP contribution in [0.25, 0.3) is 10.2 Å². The highest BCUT2D eigenvalue weighted by Gasteiger charge is 2.23. The van der Waals surface area contributed by atoms with Gasteiger partial charge in [-0.3, -0.25) is 9.36 Å². The molecule has 0 aliphatic carbocycles. The van der Waals surface area contributed by atoms with Gasteiger partial charge in [0.1, 0.15) is 0 Å². The zero-order valence-electron chi connectivity index (χ0n) is 11.9. The van der Waals surface area contributed by atoms with Gasteiger partial charge >= 0.3 is 6.09 Å². The summed E-state index contributed by atoms with van der Waals surface area (Å²) >= 11 is 1.30. The third kappa shape index (κ3) is 2.70. The Morgan fingerprint density at radius 1 is 1.40 bits per heavy atom. The van der Waals surface area contributed by atoms with Crippen LogP contribution in [0.2, 0.25) is 0 Å². The second-order valence-corrected chi connectivity index (χ2v) is 6.97. The van der Waals surface area contributed by atoms with Crippen LogP contribution in [0.3, 0.4) is 0 Å². The molecule has 0 spiro atoms. The molecule has 2 N–H and O–H groups in total. The first kappa shape index (κ1) is 14.6. The van der Waals surface area contributed by atoms with E-state index in [-0.39, 0.29) is 17.4 Å². The van der Waals surface area contributed by atoms with Crippen LogP contribution in [0, 0.1) is 5.41 Å². The van der Waals surface area contributed by atoms with Crippen LogP contribution in [-0.4, -0.2) is 27.7 Å². The van der Waals surface area contributed by atoms with E-state index in [1.54, 1.807) is 12.1 Å². The maximum absolute atomic E-state index is 12.2. The molecule has 1 unspecified atom stereocenters. The molecule has 20 heavy (non-hydrogen) atoms. The molecular formula is C14H18N2O3S. The van der Waals surface area contributed by atoms with Crippen molar-refractivity contribution >= 4 is 33.6 Å². The van der Waals surface area contributed by atoms with Gasteiger partial charge in [-0.25, -0.2) is 4.79 Å². The lowest BCUT2D eigenvalue weighted by Gasteiger charge is -2.27. The van der Waals surface area contributed by atoms with Crippen molar-refractivity contribution < 1.29 is 14.7 Å². The summed E-state index contributed by atoms with van der Waals surface area (Å²) in [6, 6.07) is 3.36. The number of amides is 1. The van der Waals surface area contributed by atoms with Crippen LogP contribution in [0.5, 0.6) is 0 Å². The molecule has 1 atom stereocenters. The fourth-order valence-electron chi connectivity index (χ4n) is 1.69. The van der Waals surface area contributed by atoms with E-state index >= 15 is 0 Å². The summed E-state index contributed by atoms with van der Waals surface area (Å²) in [4.78, 5) is 23.8. The van der Waals surface area contributed by atoms with Gasteiger partial charge in [0.25, 0.3) is 5.91 Å². The fraction of sp³-hybridized carbons (Fsp3) is 0.429. The zero-order valence-corrected chi connectivity index (χ0v) is 12.7. The Morgan fingerprint density at radius 2 is 2.05 bits per heavy atom. The predicted octanol–water partition coefficient (Wildman–Crippen LogP) is 3.39. The minimum Gasteiger partial charge on any atom is -0.464 e. The average molecular weight is 294 g/mol. The summed E-state index contributed by atoms with van der Waals surface area (Å²) in [6.07, 6.45) is 0.441. The smallest absolute Gasteiger partial charge is 0.416 e. The number of aromatic nitrogens is 1. The van der Waals surface area contributed by atoms with Crippen LogP contribution in [0.15, 0.2) is 18.3 Å². The van der Waals surface area contributed by atoms with E-state index in [4.69, 9.17) is 5.11 Å². The summed E-state index contributed by atoms with van der Waals surface area (Å²) in [7, 11) is 0. The van der Waals surface area contributed by atoms with E-state index in [0.717, 1.165) is 9.27 Å². The van der Waals surface area contributed by atoms with Crippen LogP contribution in [0.1, 0.15) is 37.4 Å². The number of hydrogen-bond acceptors (Lipinski definition) is 3. The van der Waals surface area contributed by atoms with Crippen molar-refractivity contribution in [3.63, 3.8) is 0 Å². The molecule has 2 rings (SSSR count). The molecule has 108 valence electrons. The van der Waals surface area contributed by atoms with Crippen LogP contribution in [0.4, 0.5) is 4.79 Å². The number of carbonyl (C=O) groups excluding carboxylic acids is 1. The lowest BCUT2D eigenvalue weighted by molar-refractivity contribution is 0.0914. The molecule has 0 saturated carbocycles. The maximum Gasteiger partial charge on any atom is 0.416 e. The normalized spacial score (nSPS) is 13.4. The van der Waals surface area contributed by atoms with E-state index in [9.17, 15) is 9.59 Å². The minimum atomic E-state index is -1.05. The molecule has 0 fully saturated rings. The molecule has 2 heterocycles. The molecule has 2 aromatic rings. The summed E-state index contributed by atoms with van der Waals surface area (Å²) in [5.74, 6) is -0.162. The van der Waals surface area contributed by atoms with Gasteiger partial charge in [0.15, 0.2) is 0 Å². The van der Waals surface area contributed by atoms with Gasteiger partial charge in [-0.05, 0) is 24.5 Å². The average Bonchev–Trinajstić information content (AvgIpc) is 2.85. The monoisotopic (exact) mass is 294 g/mol.